The summed E-state index contributed by atoms with van der Waals surface area (Å²) in [4.78, 5) is 35.2. The maximum absolute atomic E-state index is 11.9. The van der Waals surface area contributed by atoms with Crippen molar-refractivity contribution in [1.29, 1.82) is 0 Å². The van der Waals surface area contributed by atoms with Gasteiger partial charge in [-0.05, 0) is 37.1 Å². The highest BCUT2D eigenvalue weighted by molar-refractivity contribution is 6.02. The lowest BCUT2D eigenvalue weighted by Crippen LogP contribution is -2.22. The summed E-state index contributed by atoms with van der Waals surface area (Å²) in [6, 6.07) is 6.97. The van der Waals surface area contributed by atoms with Crippen LogP contribution in [-0.4, -0.2) is 31.3 Å². The Hall–Kier alpha value is -2.17. The van der Waals surface area contributed by atoms with Crippen molar-refractivity contribution < 1.29 is 23.9 Å². The Kier molecular flexibility index (Phi) is 12.7. The van der Waals surface area contributed by atoms with Crippen molar-refractivity contribution >= 4 is 17.5 Å². The van der Waals surface area contributed by atoms with Gasteiger partial charge in [0.05, 0.1) is 25.2 Å². The van der Waals surface area contributed by atoms with Crippen molar-refractivity contribution in [3.8, 4) is 5.75 Å². The number of Topliss-reactive ketones (excluding diaryl/α,β-unsaturated/α-hetero) is 2. The molecule has 162 valence electrons. The molecule has 0 unspecified atom stereocenters. The predicted molar refractivity (Wildman–Crippen MR) is 114 cm³/mol. The van der Waals surface area contributed by atoms with Crippen LogP contribution in [0.4, 0.5) is 0 Å². The van der Waals surface area contributed by atoms with Crippen LogP contribution in [0.15, 0.2) is 24.3 Å². The average molecular weight is 405 g/mol. The number of hydrogen-bond donors (Lipinski definition) is 0. The predicted octanol–water partition coefficient (Wildman–Crippen LogP) is 5.55. The Morgan fingerprint density at radius 3 is 1.83 bits per heavy atom. The highest BCUT2D eigenvalue weighted by Gasteiger charge is 2.22. The Balaban J connectivity index is 2.06. The normalized spacial score (nSPS) is 10.8. The molecular weight excluding hydrogens is 368 g/mol. The Labute approximate surface area is 175 Å². The molecule has 0 amide bonds. The van der Waals surface area contributed by atoms with Crippen molar-refractivity contribution in [3.63, 3.8) is 0 Å². The second kappa shape index (κ2) is 14.8. The lowest BCUT2D eigenvalue weighted by Gasteiger charge is -2.12. The number of unbranched alkanes of at least 4 members (excludes halogenated alkanes) is 6. The van der Waals surface area contributed by atoms with E-state index in [1.165, 1.54) is 13.5 Å². The first-order valence-corrected chi connectivity index (χ1v) is 10.9. The number of ether oxygens (including phenoxy) is 2. The summed E-state index contributed by atoms with van der Waals surface area (Å²) >= 11 is 0. The van der Waals surface area contributed by atoms with Gasteiger partial charge in [0.1, 0.15) is 17.3 Å². The first-order chi connectivity index (χ1) is 14.0. The Morgan fingerprint density at radius 2 is 1.31 bits per heavy atom. The third kappa shape index (κ3) is 9.73. The lowest BCUT2D eigenvalue weighted by atomic mass is 9.90. The fourth-order valence-electron chi connectivity index (χ4n) is 3.32. The zero-order chi connectivity index (χ0) is 21.5. The van der Waals surface area contributed by atoms with Crippen molar-refractivity contribution in [2.75, 3.05) is 13.7 Å². The molecule has 0 saturated carbocycles. The molecule has 0 aliphatic carbocycles. The molecule has 0 atom stereocenters. The van der Waals surface area contributed by atoms with E-state index in [0.29, 0.717) is 31.4 Å². The molecule has 0 aliphatic heterocycles. The highest BCUT2D eigenvalue weighted by atomic mass is 16.5. The molecule has 0 bridgehead atoms. The molecule has 0 fully saturated rings. The van der Waals surface area contributed by atoms with Crippen molar-refractivity contribution in [2.24, 2.45) is 5.92 Å². The van der Waals surface area contributed by atoms with Gasteiger partial charge in [0, 0.05) is 12.8 Å². The van der Waals surface area contributed by atoms with E-state index in [1.807, 2.05) is 13.8 Å². The minimum Gasteiger partial charge on any atom is -0.494 e. The highest BCUT2D eigenvalue weighted by Crippen LogP contribution is 2.17. The number of carbonyl (C=O) groups is 3. The average Bonchev–Trinajstić information content (AvgIpc) is 2.76. The monoisotopic (exact) mass is 404 g/mol. The summed E-state index contributed by atoms with van der Waals surface area (Å²) in [6.45, 7) is 4.33. The molecule has 1 aromatic rings. The largest absolute Gasteiger partial charge is 0.494 e. The molecule has 0 N–H and O–H groups in total. The number of carbonyl (C=O) groups excluding carboxylic acids is 3. The smallest absolute Gasteiger partial charge is 0.337 e. The zero-order valence-electron chi connectivity index (χ0n) is 18.2. The van der Waals surface area contributed by atoms with Crippen LogP contribution in [-0.2, 0) is 14.3 Å². The van der Waals surface area contributed by atoms with Crippen LogP contribution in [0.2, 0.25) is 0 Å². The van der Waals surface area contributed by atoms with Crippen LogP contribution in [0.1, 0.15) is 88.4 Å². The molecule has 0 saturated heterocycles. The van der Waals surface area contributed by atoms with Crippen LogP contribution >= 0.6 is 0 Å². The van der Waals surface area contributed by atoms with E-state index in [-0.39, 0.29) is 23.5 Å². The van der Waals surface area contributed by atoms with Gasteiger partial charge in [-0.15, -0.1) is 0 Å². The van der Waals surface area contributed by atoms with Gasteiger partial charge in [0.25, 0.3) is 0 Å². The number of benzene rings is 1. The van der Waals surface area contributed by atoms with Gasteiger partial charge in [0.2, 0.25) is 0 Å². The number of hydrogen-bond acceptors (Lipinski definition) is 5. The van der Waals surface area contributed by atoms with Crippen molar-refractivity contribution in [3.05, 3.63) is 29.8 Å². The maximum Gasteiger partial charge on any atom is 0.337 e. The SMILES string of the molecule is CCC(=O)C(CCCCCCCCCOc1ccc(C(=O)OC)cc1)C(=O)CC. The molecular formula is C24H36O5. The van der Waals surface area contributed by atoms with E-state index in [9.17, 15) is 14.4 Å². The molecule has 0 spiro atoms. The topological polar surface area (TPSA) is 69.7 Å². The summed E-state index contributed by atoms with van der Waals surface area (Å²) in [7, 11) is 1.37. The first-order valence-electron chi connectivity index (χ1n) is 10.9. The maximum atomic E-state index is 11.9. The molecule has 0 radical (unpaired) electrons. The van der Waals surface area contributed by atoms with Crippen molar-refractivity contribution in [1.82, 2.24) is 0 Å². The van der Waals surface area contributed by atoms with E-state index in [4.69, 9.17) is 4.74 Å². The quantitative estimate of drug-likeness (QED) is 0.205. The van der Waals surface area contributed by atoms with Gasteiger partial charge >= 0.3 is 5.97 Å². The van der Waals surface area contributed by atoms with E-state index in [2.05, 4.69) is 4.74 Å². The van der Waals surface area contributed by atoms with E-state index >= 15 is 0 Å². The van der Waals surface area contributed by atoms with Crippen LogP contribution in [0.25, 0.3) is 0 Å². The first kappa shape index (κ1) is 24.9. The fourth-order valence-corrected chi connectivity index (χ4v) is 3.32. The second-order valence-corrected chi connectivity index (χ2v) is 7.32. The van der Waals surface area contributed by atoms with Gasteiger partial charge in [-0.3, -0.25) is 9.59 Å². The van der Waals surface area contributed by atoms with Gasteiger partial charge in [-0.2, -0.15) is 0 Å². The molecule has 5 heteroatoms. The molecule has 0 aromatic heterocycles. The molecule has 0 heterocycles. The van der Waals surface area contributed by atoms with E-state index < -0.39 is 0 Å². The van der Waals surface area contributed by atoms with E-state index in [0.717, 1.165) is 44.3 Å². The van der Waals surface area contributed by atoms with Gasteiger partial charge in [0.15, 0.2) is 0 Å². The number of ketones is 2. The van der Waals surface area contributed by atoms with Crippen LogP contribution < -0.4 is 4.74 Å². The number of methoxy groups -OCH3 is 1. The fraction of sp³-hybridized carbons (Fsp3) is 0.625. The van der Waals surface area contributed by atoms with Crippen molar-refractivity contribution in [2.45, 2.75) is 78.1 Å². The van der Waals surface area contributed by atoms with E-state index in [1.54, 1.807) is 24.3 Å². The third-order valence-electron chi connectivity index (χ3n) is 5.16. The summed E-state index contributed by atoms with van der Waals surface area (Å²) in [5, 5.41) is 0. The Morgan fingerprint density at radius 1 is 0.793 bits per heavy atom. The summed E-state index contributed by atoms with van der Waals surface area (Å²) in [5.41, 5.74) is 0.518. The summed E-state index contributed by atoms with van der Waals surface area (Å²) in [6.07, 6.45) is 9.23. The van der Waals surface area contributed by atoms with Crippen LogP contribution in [0.3, 0.4) is 0 Å². The second-order valence-electron chi connectivity index (χ2n) is 7.32. The standard InChI is InChI=1S/C24H36O5/c1-4-22(25)21(23(26)5-2)13-11-9-7-6-8-10-12-18-29-20-16-14-19(15-17-20)24(27)28-3/h14-17,21H,4-13,18H2,1-3H3. The molecule has 1 aromatic carbocycles. The number of rotatable bonds is 16. The third-order valence-corrected chi connectivity index (χ3v) is 5.16. The lowest BCUT2D eigenvalue weighted by molar-refractivity contribution is -0.132. The minimum atomic E-state index is -0.371. The van der Waals surface area contributed by atoms with Crippen LogP contribution in [0.5, 0.6) is 5.75 Å². The molecule has 5 nitrogen and oxygen atoms in total. The zero-order valence-corrected chi connectivity index (χ0v) is 18.2. The molecule has 0 aliphatic rings. The van der Waals surface area contributed by atoms with Gasteiger partial charge < -0.3 is 9.47 Å². The Bertz CT molecular complexity index is 605. The number of esters is 1. The molecule has 29 heavy (non-hydrogen) atoms. The van der Waals surface area contributed by atoms with Gasteiger partial charge in [-0.25, -0.2) is 4.79 Å². The minimum absolute atomic E-state index is 0.0942. The van der Waals surface area contributed by atoms with Crippen LogP contribution in [0, 0.1) is 5.92 Å². The summed E-state index contributed by atoms with van der Waals surface area (Å²) in [5.74, 6) is 0.230. The summed E-state index contributed by atoms with van der Waals surface area (Å²) < 4.78 is 10.4. The van der Waals surface area contributed by atoms with Gasteiger partial charge in [-0.1, -0.05) is 52.4 Å². The molecule has 1 rings (SSSR count).